The molecule has 6 rings (SSSR count). The highest BCUT2D eigenvalue weighted by Gasteiger charge is 2.51. The van der Waals surface area contributed by atoms with Crippen LogP contribution in [0, 0.1) is 11.8 Å². The summed E-state index contributed by atoms with van der Waals surface area (Å²) < 4.78 is 59.4. The van der Waals surface area contributed by atoms with Crippen molar-refractivity contribution in [1.82, 2.24) is 4.72 Å². The van der Waals surface area contributed by atoms with E-state index in [1.807, 2.05) is 12.1 Å². The number of hydrogen-bond acceptors (Lipinski definition) is 11. The average molecular weight is 803 g/mol. The molecule has 0 radical (unpaired) electrons. The first-order valence-corrected chi connectivity index (χ1v) is 21.7. The van der Waals surface area contributed by atoms with E-state index in [4.69, 9.17) is 35.3 Å². The number of esters is 2. The first kappa shape index (κ1) is 41.2. The summed E-state index contributed by atoms with van der Waals surface area (Å²) in [6.07, 6.45) is 6.65. The SMILES string of the molecule is CCOC(=O)COC[C@@]1(OCC(=O)OCC)CCCC[C@@H](CC)S(=O)(=O)NC(=O)c2ccc3c(c2)N(C[C@@H]2CC[C@H]21)C[C@@]1(CCCc2cc(Cl)ccc21)CO3. The molecular formula is C41H55ClN2O10S. The lowest BCUT2D eigenvalue weighted by atomic mass is 9.63. The maximum atomic E-state index is 13.7. The van der Waals surface area contributed by atoms with Crippen LogP contribution in [0.2, 0.25) is 5.02 Å². The zero-order chi connectivity index (χ0) is 39.2. The van der Waals surface area contributed by atoms with Crippen LogP contribution in [0.5, 0.6) is 5.75 Å². The van der Waals surface area contributed by atoms with Gasteiger partial charge in [-0.1, -0.05) is 37.4 Å². The highest BCUT2D eigenvalue weighted by atomic mass is 35.5. The fourth-order valence-corrected chi connectivity index (χ4v) is 10.8. The van der Waals surface area contributed by atoms with Gasteiger partial charge in [-0.2, -0.15) is 0 Å². The number of anilines is 1. The van der Waals surface area contributed by atoms with Crippen LogP contribution in [0.4, 0.5) is 5.69 Å². The Morgan fingerprint density at radius 3 is 2.47 bits per heavy atom. The van der Waals surface area contributed by atoms with E-state index in [1.165, 1.54) is 11.1 Å². The van der Waals surface area contributed by atoms with Gasteiger partial charge in [-0.05, 0) is 119 Å². The van der Waals surface area contributed by atoms with Crippen LogP contribution in [-0.2, 0) is 50.4 Å². The fourth-order valence-electron chi connectivity index (χ4n) is 9.17. The summed E-state index contributed by atoms with van der Waals surface area (Å²) in [5.74, 6) is -1.03. The summed E-state index contributed by atoms with van der Waals surface area (Å²) in [6.45, 7) is 6.79. The molecule has 12 nitrogen and oxygen atoms in total. The minimum absolute atomic E-state index is 0.0415. The van der Waals surface area contributed by atoms with Crippen molar-refractivity contribution in [3.63, 3.8) is 0 Å². The number of hydrogen-bond donors (Lipinski definition) is 1. The first-order valence-electron chi connectivity index (χ1n) is 19.8. The highest BCUT2D eigenvalue weighted by molar-refractivity contribution is 7.90. The second-order valence-corrected chi connectivity index (χ2v) is 17.8. The Bertz CT molecular complexity index is 1820. The number of nitrogens with one attached hydrogen (secondary N) is 1. The van der Waals surface area contributed by atoms with Crippen LogP contribution in [0.3, 0.4) is 0 Å². The minimum Gasteiger partial charge on any atom is -0.490 e. The zero-order valence-corrected chi connectivity index (χ0v) is 33.8. The Labute approximate surface area is 329 Å². The topological polar surface area (TPSA) is 147 Å². The van der Waals surface area contributed by atoms with Gasteiger partial charge >= 0.3 is 11.9 Å². The lowest BCUT2D eigenvalue weighted by Gasteiger charge is -2.52. The molecule has 0 unspecified atom stereocenters. The van der Waals surface area contributed by atoms with Gasteiger partial charge in [-0.3, -0.25) is 4.79 Å². The molecule has 2 aromatic rings. The second-order valence-electron chi connectivity index (χ2n) is 15.4. The van der Waals surface area contributed by atoms with Gasteiger partial charge in [0.1, 0.15) is 19.0 Å². The molecule has 4 aliphatic rings. The van der Waals surface area contributed by atoms with Crippen molar-refractivity contribution in [2.45, 2.75) is 101 Å². The molecular weight excluding hydrogens is 748 g/mol. The number of carbonyl (C=O) groups is 3. The number of ether oxygens (including phenoxy) is 5. The highest BCUT2D eigenvalue weighted by Crippen LogP contribution is 2.50. The molecule has 2 heterocycles. The summed E-state index contributed by atoms with van der Waals surface area (Å²) in [5, 5.41) is -0.104. The van der Waals surface area contributed by atoms with E-state index < -0.39 is 38.7 Å². The van der Waals surface area contributed by atoms with Crippen molar-refractivity contribution >= 4 is 45.2 Å². The molecule has 55 heavy (non-hydrogen) atoms. The summed E-state index contributed by atoms with van der Waals surface area (Å²) in [7, 11) is -4.02. The first-order chi connectivity index (χ1) is 26.4. The normalized spacial score (nSPS) is 27.7. The molecule has 1 N–H and O–H groups in total. The fraction of sp³-hybridized carbons (Fsp3) is 0.634. The third-order valence-electron chi connectivity index (χ3n) is 12.0. The van der Waals surface area contributed by atoms with E-state index in [0.717, 1.165) is 32.1 Å². The Morgan fingerprint density at radius 1 is 0.964 bits per heavy atom. The average Bonchev–Trinajstić information content (AvgIpc) is 3.28. The summed E-state index contributed by atoms with van der Waals surface area (Å²) >= 11 is 6.48. The lowest BCUT2D eigenvalue weighted by Crippen LogP contribution is -2.56. The molecule has 14 heteroatoms. The van der Waals surface area contributed by atoms with Crippen LogP contribution in [0.25, 0.3) is 0 Å². The number of fused-ring (bicyclic) bond motifs is 4. The number of carbonyl (C=O) groups excluding carboxylic acids is 3. The van der Waals surface area contributed by atoms with Crippen molar-refractivity contribution in [1.29, 1.82) is 0 Å². The third kappa shape index (κ3) is 9.27. The molecule has 302 valence electrons. The molecule has 1 spiro atoms. The van der Waals surface area contributed by atoms with Gasteiger partial charge in [0.05, 0.1) is 43.0 Å². The van der Waals surface area contributed by atoms with Crippen LogP contribution >= 0.6 is 11.6 Å². The molecule has 2 bridgehead atoms. The van der Waals surface area contributed by atoms with Gasteiger partial charge in [0.25, 0.3) is 5.91 Å². The van der Waals surface area contributed by atoms with Crippen molar-refractivity contribution < 1.29 is 46.5 Å². The largest absolute Gasteiger partial charge is 0.490 e. The van der Waals surface area contributed by atoms with Gasteiger partial charge in [0.2, 0.25) is 10.0 Å². The van der Waals surface area contributed by atoms with E-state index in [2.05, 4.69) is 15.7 Å². The summed E-state index contributed by atoms with van der Waals surface area (Å²) in [5.41, 5.74) is 1.98. The zero-order valence-electron chi connectivity index (χ0n) is 32.2. The maximum Gasteiger partial charge on any atom is 0.332 e. The Hall–Kier alpha value is -3.39. The van der Waals surface area contributed by atoms with E-state index in [1.54, 1.807) is 39.0 Å². The van der Waals surface area contributed by atoms with Crippen LogP contribution in [0.15, 0.2) is 36.4 Å². The Morgan fingerprint density at radius 2 is 1.75 bits per heavy atom. The molecule has 2 aliphatic carbocycles. The molecule has 2 aromatic carbocycles. The standard InChI is InChI=1S/C41H55ClN2O10S/c1-4-32-11-7-8-19-41(54-24-38(46)52-6-3,27-50-23-37(45)51-5-2)34-15-12-30(34)22-44-25-40(18-9-10-28-20-31(42)14-16-33(28)40)26-53-36-17-13-29(21-35(36)44)39(47)43-55(32,48)49/h13-14,16-17,20-21,30,32,34H,4-12,15,18-19,22-27H2,1-3H3,(H,43,47)/t30-,32+,34+,40-,41-/m0/s1. The molecule has 1 amide bonds. The van der Waals surface area contributed by atoms with Gasteiger partial charge in [0, 0.05) is 29.1 Å². The van der Waals surface area contributed by atoms with Crippen molar-refractivity contribution in [3.05, 3.63) is 58.1 Å². The summed E-state index contributed by atoms with van der Waals surface area (Å²) in [6, 6.07) is 11.2. The minimum atomic E-state index is -4.02. The second kappa shape index (κ2) is 17.8. The van der Waals surface area contributed by atoms with Crippen LogP contribution < -0.4 is 14.4 Å². The third-order valence-corrected chi connectivity index (χ3v) is 14.2. The number of nitrogens with zero attached hydrogens (tertiary/aromatic N) is 1. The summed E-state index contributed by atoms with van der Waals surface area (Å²) in [4.78, 5) is 41.2. The van der Waals surface area contributed by atoms with E-state index in [9.17, 15) is 22.8 Å². The van der Waals surface area contributed by atoms with Crippen LogP contribution in [-0.4, -0.2) is 89.8 Å². The Balaban J connectivity index is 1.43. The monoisotopic (exact) mass is 802 g/mol. The number of aryl methyl sites for hydroxylation is 1. The van der Waals surface area contributed by atoms with Gasteiger partial charge < -0.3 is 28.6 Å². The van der Waals surface area contributed by atoms with Crippen molar-refractivity contribution in [3.8, 4) is 5.75 Å². The lowest BCUT2D eigenvalue weighted by molar-refractivity contribution is -0.189. The number of rotatable bonds is 10. The predicted octanol–water partition coefficient (Wildman–Crippen LogP) is 6.15. The van der Waals surface area contributed by atoms with Gasteiger partial charge in [-0.25, -0.2) is 22.7 Å². The van der Waals surface area contributed by atoms with E-state index in [0.29, 0.717) is 68.3 Å². The predicted molar refractivity (Wildman–Crippen MR) is 208 cm³/mol. The van der Waals surface area contributed by atoms with E-state index in [-0.39, 0.29) is 55.8 Å². The quantitative estimate of drug-likeness (QED) is 0.276. The number of amides is 1. The molecule has 0 aromatic heterocycles. The number of sulfonamides is 1. The number of halogens is 1. The molecule has 1 fully saturated rings. The molecule has 1 saturated carbocycles. The van der Waals surface area contributed by atoms with Gasteiger partial charge in [0.15, 0.2) is 0 Å². The van der Waals surface area contributed by atoms with Crippen molar-refractivity contribution in [2.75, 3.05) is 57.6 Å². The van der Waals surface area contributed by atoms with Crippen molar-refractivity contribution in [2.24, 2.45) is 11.8 Å². The van der Waals surface area contributed by atoms with E-state index >= 15 is 0 Å². The smallest absolute Gasteiger partial charge is 0.332 e. The van der Waals surface area contributed by atoms with Gasteiger partial charge in [-0.15, -0.1) is 0 Å². The molecule has 5 atom stereocenters. The molecule has 0 saturated heterocycles. The number of benzene rings is 2. The molecule has 2 aliphatic heterocycles. The Kier molecular flexibility index (Phi) is 13.4. The van der Waals surface area contributed by atoms with Crippen LogP contribution in [0.1, 0.15) is 100 Å². The maximum absolute atomic E-state index is 13.7.